The molecule has 0 aliphatic carbocycles. The number of hydrogen-bond acceptors (Lipinski definition) is 4. The average molecular weight is 326 g/mol. The second kappa shape index (κ2) is 10.1. The quantitative estimate of drug-likeness (QED) is 0.442. The average Bonchev–Trinajstić information content (AvgIpc) is 2.55. The molecule has 0 aromatic heterocycles. The van der Waals surface area contributed by atoms with Crippen molar-refractivity contribution in [3.63, 3.8) is 0 Å². The summed E-state index contributed by atoms with van der Waals surface area (Å²) in [5.41, 5.74) is 0. The van der Waals surface area contributed by atoms with Crippen LogP contribution in [0.4, 0.5) is 0 Å². The molecule has 7 heteroatoms. The number of amides is 1. The van der Waals surface area contributed by atoms with Crippen LogP contribution < -0.4 is 5.32 Å². The number of carbonyl (C=O) groups is 2. The Labute approximate surface area is 139 Å². The Morgan fingerprint density at radius 1 is 1.35 bits per heavy atom. The third kappa shape index (κ3) is 6.46. The van der Waals surface area contributed by atoms with Crippen LogP contribution >= 0.6 is 0 Å². The van der Waals surface area contributed by atoms with Crippen LogP contribution in [0.2, 0.25) is 0 Å². The Morgan fingerprint density at radius 3 is 2.70 bits per heavy atom. The number of likely N-dealkylation sites (tertiary alicyclic amines) is 1. The van der Waals surface area contributed by atoms with Gasteiger partial charge in [0.05, 0.1) is 12.5 Å². The number of carbonyl (C=O) groups excluding carboxylic acids is 2. The van der Waals surface area contributed by atoms with Crippen LogP contribution in [0, 0.1) is 5.92 Å². The third-order valence-electron chi connectivity index (χ3n) is 3.74. The van der Waals surface area contributed by atoms with Crippen molar-refractivity contribution in [2.75, 3.05) is 46.9 Å². The van der Waals surface area contributed by atoms with E-state index in [-0.39, 0.29) is 24.3 Å². The van der Waals surface area contributed by atoms with Gasteiger partial charge in [0.25, 0.3) is 0 Å². The summed E-state index contributed by atoms with van der Waals surface area (Å²) < 4.78 is 5.13. The molecule has 0 bridgehead atoms. The number of nitrogens with one attached hydrogen (secondary N) is 1. The number of piperidine rings is 1. The van der Waals surface area contributed by atoms with Crippen molar-refractivity contribution in [1.29, 1.82) is 0 Å². The fourth-order valence-electron chi connectivity index (χ4n) is 2.41. The first-order valence-corrected chi connectivity index (χ1v) is 8.39. The highest BCUT2D eigenvalue weighted by atomic mass is 16.5. The summed E-state index contributed by atoms with van der Waals surface area (Å²) in [5, 5.41) is 3.28. The Kier molecular flexibility index (Phi) is 8.43. The normalized spacial score (nSPS) is 18.5. The van der Waals surface area contributed by atoms with Crippen molar-refractivity contribution >= 4 is 17.8 Å². The van der Waals surface area contributed by atoms with Gasteiger partial charge in [-0.3, -0.25) is 9.59 Å². The summed E-state index contributed by atoms with van der Waals surface area (Å²) in [6.45, 7) is 6.62. The molecule has 1 aliphatic rings. The summed E-state index contributed by atoms with van der Waals surface area (Å²) in [6.07, 6.45) is 2.72. The van der Waals surface area contributed by atoms with Crippen molar-refractivity contribution in [2.24, 2.45) is 10.9 Å². The van der Waals surface area contributed by atoms with Crippen LogP contribution in [0.25, 0.3) is 0 Å². The van der Waals surface area contributed by atoms with Gasteiger partial charge in [-0.05, 0) is 26.2 Å². The first-order valence-electron chi connectivity index (χ1n) is 8.39. The first-order chi connectivity index (χ1) is 11.0. The van der Waals surface area contributed by atoms with Gasteiger partial charge in [0.15, 0.2) is 5.96 Å². The van der Waals surface area contributed by atoms with Gasteiger partial charge in [-0.2, -0.15) is 0 Å². The van der Waals surface area contributed by atoms with Crippen LogP contribution in [0.3, 0.4) is 0 Å². The lowest BCUT2D eigenvalue weighted by Gasteiger charge is -2.34. The van der Waals surface area contributed by atoms with Gasteiger partial charge in [-0.15, -0.1) is 0 Å². The number of likely N-dealkylation sites (N-methyl/N-ethyl adjacent to an activating group) is 1. The molecule has 1 N–H and O–H groups in total. The minimum absolute atomic E-state index is 0.0419. The third-order valence-corrected chi connectivity index (χ3v) is 3.74. The van der Waals surface area contributed by atoms with Crippen molar-refractivity contribution in [3.8, 4) is 0 Å². The lowest BCUT2D eigenvalue weighted by Crippen LogP contribution is -2.48. The molecule has 1 heterocycles. The molecular formula is C16H30N4O3. The molecule has 1 amide bonds. The maximum Gasteiger partial charge on any atom is 0.310 e. The zero-order valence-corrected chi connectivity index (χ0v) is 14.8. The second-order valence-electron chi connectivity index (χ2n) is 5.89. The van der Waals surface area contributed by atoms with Crippen molar-refractivity contribution in [3.05, 3.63) is 0 Å². The van der Waals surface area contributed by atoms with Crippen molar-refractivity contribution in [2.45, 2.75) is 33.1 Å². The van der Waals surface area contributed by atoms with E-state index in [1.807, 2.05) is 6.92 Å². The van der Waals surface area contributed by atoms with Crippen molar-refractivity contribution < 1.29 is 14.3 Å². The van der Waals surface area contributed by atoms with Gasteiger partial charge in [-0.25, -0.2) is 4.99 Å². The van der Waals surface area contributed by atoms with E-state index in [0.717, 1.165) is 32.4 Å². The Balaban J connectivity index is 2.74. The van der Waals surface area contributed by atoms with Gasteiger partial charge >= 0.3 is 5.97 Å². The highest BCUT2D eigenvalue weighted by Gasteiger charge is 2.28. The Bertz CT molecular complexity index is 424. The van der Waals surface area contributed by atoms with E-state index in [1.54, 1.807) is 14.1 Å². The van der Waals surface area contributed by atoms with E-state index in [9.17, 15) is 9.59 Å². The fraction of sp³-hybridized carbons (Fsp3) is 0.812. The zero-order valence-electron chi connectivity index (χ0n) is 14.8. The van der Waals surface area contributed by atoms with Crippen LogP contribution in [0.1, 0.15) is 33.1 Å². The van der Waals surface area contributed by atoms with Gasteiger partial charge in [0, 0.05) is 33.7 Å². The highest BCUT2D eigenvalue weighted by Crippen LogP contribution is 2.18. The molecule has 0 saturated carbocycles. The minimum atomic E-state index is -0.142. The molecule has 1 atom stereocenters. The van der Waals surface area contributed by atoms with Crippen LogP contribution in [0.5, 0.6) is 0 Å². The van der Waals surface area contributed by atoms with E-state index in [0.29, 0.717) is 19.1 Å². The van der Waals surface area contributed by atoms with E-state index >= 15 is 0 Å². The van der Waals surface area contributed by atoms with Gasteiger partial charge < -0.3 is 19.9 Å². The molecule has 1 fully saturated rings. The Hall–Kier alpha value is -1.79. The molecule has 1 saturated heterocycles. The largest absolute Gasteiger partial charge is 0.466 e. The SMILES string of the molecule is CCCNC(=NCC(=O)N(C)C)N1CCCC(C(=O)OCC)C1. The summed E-state index contributed by atoms with van der Waals surface area (Å²) >= 11 is 0. The summed E-state index contributed by atoms with van der Waals surface area (Å²) in [5.74, 6) is 0.397. The number of aliphatic imine (C=N–C) groups is 1. The van der Waals surface area contributed by atoms with Crippen molar-refractivity contribution in [1.82, 2.24) is 15.1 Å². The predicted molar refractivity (Wildman–Crippen MR) is 90.2 cm³/mol. The molecule has 1 aliphatic heterocycles. The summed E-state index contributed by atoms with van der Waals surface area (Å²) in [4.78, 5) is 31.7. The monoisotopic (exact) mass is 326 g/mol. The van der Waals surface area contributed by atoms with Crippen LogP contribution in [-0.2, 0) is 14.3 Å². The molecule has 1 unspecified atom stereocenters. The minimum Gasteiger partial charge on any atom is -0.466 e. The van der Waals surface area contributed by atoms with E-state index < -0.39 is 0 Å². The molecule has 0 aromatic rings. The van der Waals surface area contributed by atoms with E-state index in [2.05, 4.69) is 22.1 Å². The molecule has 0 aromatic carbocycles. The predicted octanol–water partition coefficient (Wildman–Crippen LogP) is 0.705. The van der Waals surface area contributed by atoms with Crippen LogP contribution in [0.15, 0.2) is 4.99 Å². The number of ether oxygens (including phenoxy) is 1. The second-order valence-corrected chi connectivity index (χ2v) is 5.89. The maximum absolute atomic E-state index is 12.0. The highest BCUT2D eigenvalue weighted by molar-refractivity contribution is 5.85. The van der Waals surface area contributed by atoms with Gasteiger partial charge in [-0.1, -0.05) is 6.92 Å². The lowest BCUT2D eigenvalue weighted by molar-refractivity contribution is -0.149. The number of esters is 1. The standard InChI is InChI=1S/C16H30N4O3/c1-5-9-17-16(18-11-14(21)19(3)4)20-10-7-8-13(12-20)15(22)23-6-2/h13H,5-12H2,1-4H3,(H,17,18). The zero-order chi connectivity index (χ0) is 17.2. The van der Waals surface area contributed by atoms with E-state index in [1.165, 1.54) is 4.90 Å². The maximum atomic E-state index is 12.0. The number of guanidine groups is 1. The number of hydrogen-bond donors (Lipinski definition) is 1. The number of nitrogens with zero attached hydrogens (tertiary/aromatic N) is 3. The summed E-state index contributed by atoms with van der Waals surface area (Å²) in [7, 11) is 3.43. The number of rotatable bonds is 6. The lowest BCUT2D eigenvalue weighted by atomic mass is 9.98. The summed E-state index contributed by atoms with van der Waals surface area (Å²) in [6, 6.07) is 0. The molecule has 132 valence electrons. The molecular weight excluding hydrogens is 296 g/mol. The first kappa shape index (κ1) is 19.3. The molecule has 0 radical (unpaired) electrons. The fourth-order valence-corrected chi connectivity index (χ4v) is 2.41. The Morgan fingerprint density at radius 2 is 2.09 bits per heavy atom. The van der Waals surface area contributed by atoms with Gasteiger partial charge in [0.2, 0.25) is 5.91 Å². The smallest absolute Gasteiger partial charge is 0.310 e. The topological polar surface area (TPSA) is 74.2 Å². The molecule has 1 rings (SSSR count). The molecule has 0 spiro atoms. The molecule has 23 heavy (non-hydrogen) atoms. The van der Waals surface area contributed by atoms with Gasteiger partial charge in [0.1, 0.15) is 6.54 Å². The van der Waals surface area contributed by atoms with Crippen LogP contribution in [-0.4, -0.2) is 74.5 Å². The van der Waals surface area contributed by atoms with E-state index in [4.69, 9.17) is 4.74 Å². The molecule has 7 nitrogen and oxygen atoms in total.